The topological polar surface area (TPSA) is 63.6 Å². The van der Waals surface area contributed by atoms with Crippen molar-refractivity contribution >= 4 is 32.7 Å². The highest BCUT2D eigenvalue weighted by molar-refractivity contribution is 14.1. The van der Waals surface area contributed by atoms with Crippen LogP contribution in [0.15, 0.2) is 29.2 Å². The highest BCUT2D eigenvalue weighted by Gasteiger charge is 2.18. The molecule has 0 fully saturated rings. The van der Waals surface area contributed by atoms with Crippen molar-refractivity contribution in [1.82, 2.24) is 0 Å². The van der Waals surface area contributed by atoms with Gasteiger partial charge in [0.2, 0.25) is 0 Å². The first-order valence-corrected chi connectivity index (χ1v) is 8.80. The third kappa shape index (κ3) is 5.37. The summed E-state index contributed by atoms with van der Waals surface area (Å²) in [5, 5.41) is 9.74. The number of hydrogen-bond acceptors (Lipinski definition) is 4. The van der Waals surface area contributed by atoms with Crippen molar-refractivity contribution < 1.29 is 17.7 Å². The minimum Gasteiger partial charge on any atom is -0.392 e. The molecule has 19 heavy (non-hydrogen) atoms. The molecule has 6 heteroatoms. The van der Waals surface area contributed by atoms with Gasteiger partial charge in [-0.3, -0.25) is 4.18 Å². The van der Waals surface area contributed by atoms with Gasteiger partial charge in [-0.1, -0.05) is 47.2 Å². The summed E-state index contributed by atoms with van der Waals surface area (Å²) in [7, 11) is -3.72. The van der Waals surface area contributed by atoms with Crippen LogP contribution < -0.4 is 0 Å². The van der Waals surface area contributed by atoms with E-state index in [0.717, 1.165) is 12.0 Å². The van der Waals surface area contributed by atoms with Crippen molar-refractivity contribution in [3.8, 4) is 0 Å². The molecule has 0 aliphatic rings. The van der Waals surface area contributed by atoms with E-state index in [4.69, 9.17) is 4.18 Å². The van der Waals surface area contributed by atoms with E-state index in [1.165, 1.54) is 12.1 Å². The zero-order chi connectivity index (χ0) is 14.5. The van der Waals surface area contributed by atoms with Gasteiger partial charge in [-0.2, -0.15) is 8.42 Å². The van der Waals surface area contributed by atoms with Crippen LogP contribution in [0.3, 0.4) is 0 Å². The summed E-state index contributed by atoms with van der Waals surface area (Å²) in [4.78, 5) is 0.147. The zero-order valence-electron chi connectivity index (χ0n) is 11.0. The minimum absolute atomic E-state index is 0.00310. The van der Waals surface area contributed by atoms with E-state index < -0.39 is 16.2 Å². The molecular weight excluding hydrogens is 379 g/mol. The van der Waals surface area contributed by atoms with Crippen LogP contribution in [-0.2, 0) is 14.3 Å². The Morgan fingerprint density at radius 3 is 2.42 bits per heavy atom. The lowest BCUT2D eigenvalue weighted by molar-refractivity contribution is 0.141. The van der Waals surface area contributed by atoms with Gasteiger partial charge in [0.1, 0.15) is 0 Å². The van der Waals surface area contributed by atoms with E-state index >= 15 is 0 Å². The van der Waals surface area contributed by atoms with Crippen LogP contribution in [0.1, 0.15) is 25.3 Å². The second-order valence-electron chi connectivity index (χ2n) is 4.37. The molecule has 1 aromatic rings. The summed E-state index contributed by atoms with van der Waals surface area (Å²) in [5.41, 5.74) is 0.991. The first kappa shape index (κ1) is 16.9. The van der Waals surface area contributed by atoms with Crippen molar-refractivity contribution in [1.29, 1.82) is 0 Å². The largest absolute Gasteiger partial charge is 0.392 e. The number of aliphatic hydroxyl groups excluding tert-OH is 1. The molecule has 0 aromatic heterocycles. The standard InChI is InChI=1S/C13H19IO4S/c1-3-12(14)13(15)8-9-18-19(16,17)11-6-4-10(2)5-7-11/h4-7,12-13,15H,3,8-9H2,1-2H3/t12-,13+/m0/s1. The third-order valence-electron chi connectivity index (χ3n) is 2.77. The number of aryl methyl sites for hydroxylation is 1. The van der Waals surface area contributed by atoms with Crippen LogP contribution in [0, 0.1) is 6.92 Å². The lowest BCUT2D eigenvalue weighted by Gasteiger charge is -2.15. The van der Waals surface area contributed by atoms with Gasteiger partial charge in [0.05, 0.1) is 17.6 Å². The van der Waals surface area contributed by atoms with Crippen molar-refractivity contribution in [2.75, 3.05) is 6.61 Å². The molecule has 0 aliphatic carbocycles. The number of alkyl halides is 1. The van der Waals surface area contributed by atoms with E-state index in [1.807, 2.05) is 13.8 Å². The quantitative estimate of drug-likeness (QED) is 0.436. The van der Waals surface area contributed by atoms with E-state index in [-0.39, 0.29) is 15.4 Å². The van der Waals surface area contributed by atoms with Crippen LogP contribution >= 0.6 is 22.6 Å². The maximum atomic E-state index is 11.9. The van der Waals surface area contributed by atoms with Gasteiger partial charge < -0.3 is 5.11 Å². The Morgan fingerprint density at radius 2 is 1.89 bits per heavy atom. The molecular formula is C13H19IO4S. The zero-order valence-corrected chi connectivity index (χ0v) is 14.0. The van der Waals surface area contributed by atoms with Crippen molar-refractivity contribution in [2.24, 2.45) is 0 Å². The van der Waals surface area contributed by atoms with E-state index in [1.54, 1.807) is 12.1 Å². The molecule has 1 rings (SSSR count). The van der Waals surface area contributed by atoms with E-state index in [0.29, 0.717) is 6.42 Å². The van der Waals surface area contributed by atoms with Gasteiger partial charge in [-0.15, -0.1) is 0 Å². The van der Waals surface area contributed by atoms with Crippen molar-refractivity contribution in [2.45, 2.75) is 41.6 Å². The fourth-order valence-corrected chi connectivity index (χ4v) is 2.79. The number of aliphatic hydroxyl groups is 1. The molecule has 0 aliphatic heterocycles. The SMILES string of the molecule is CC[C@H](I)[C@H](O)CCOS(=O)(=O)c1ccc(C)cc1. The smallest absolute Gasteiger partial charge is 0.296 e. The summed E-state index contributed by atoms with van der Waals surface area (Å²) in [6.45, 7) is 3.86. The van der Waals surface area contributed by atoms with E-state index in [2.05, 4.69) is 22.6 Å². The minimum atomic E-state index is -3.72. The molecule has 0 radical (unpaired) electrons. The maximum Gasteiger partial charge on any atom is 0.296 e. The number of rotatable bonds is 7. The number of hydrogen-bond donors (Lipinski definition) is 1. The van der Waals surface area contributed by atoms with Crippen LogP contribution in [0.25, 0.3) is 0 Å². The second-order valence-corrected chi connectivity index (χ2v) is 7.58. The molecule has 0 saturated heterocycles. The monoisotopic (exact) mass is 398 g/mol. The second kappa shape index (κ2) is 7.56. The highest BCUT2D eigenvalue weighted by Crippen LogP contribution is 2.16. The van der Waals surface area contributed by atoms with Gasteiger partial charge in [0, 0.05) is 3.92 Å². The predicted octanol–water partition coefficient (Wildman–Crippen LogP) is 2.66. The molecule has 108 valence electrons. The molecule has 1 N–H and O–H groups in total. The molecule has 4 nitrogen and oxygen atoms in total. The highest BCUT2D eigenvalue weighted by atomic mass is 127. The Kier molecular flexibility index (Phi) is 6.72. The van der Waals surface area contributed by atoms with Gasteiger partial charge >= 0.3 is 0 Å². The first-order chi connectivity index (χ1) is 8.86. The fourth-order valence-electron chi connectivity index (χ4n) is 1.50. The molecule has 1 aromatic carbocycles. The Balaban J connectivity index is 2.54. The lowest BCUT2D eigenvalue weighted by atomic mass is 10.1. The molecule has 0 bridgehead atoms. The van der Waals surface area contributed by atoms with Crippen LogP contribution in [0.2, 0.25) is 0 Å². The van der Waals surface area contributed by atoms with Gasteiger partial charge in [0.15, 0.2) is 0 Å². The maximum absolute atomic E-state index is 11.9. The Hall–Kier alpha value is -0.180. The van der Waals surface area contributed by atoms with Crippen molar-refractivity contribution in [3.63, 3.8) is 0 Å². The van der Waals surface area contributed by atoms with Crippen LogP contribution in [-0.4, -0.2) is 30.2 Å². The Bertz CT molecular complexity index is 484. The summed E-state index contributed by atoms with van der Waals surface area (Å²) < 4.78 is 28.8. The molecule has 0 unspecified atom stereocenters. The summed E-state index contributed by atoms with van der Waals surface area (Å²) in [6, 6.07) is 6.49. The predicted molar refractivity (Wildman–Crippen MR) is 83.0 cm³/mol. The Labute approximate surface area is 128 Å². The summed E-state index contributed by atoms with van der Waals surface area (Å²) >= 11 is 2.15. The molecule has 0 heterocycles. The molecule has 0 amide bonds. The van der Waals surface area contributed by atoms with E-state index in [9.17, 15) is 13.5 Å². The third-order valence-corrected chi connectivity index (χ3v) is 5.81. The molecule has 0 saturated carbocycles. The molecule has 2 atom stereocenters. The summed E-state index contributed by atoms with van der Waals surface area (Å²) in [6.07, 6.45) is 0.609. The Morgan fingerprint density at radius 1 is 1.32 bits per heavy atom. The summed E-state index contributed by atoms with van der Waals surface area (Å²) in [5.74, 6) is 0. The lowest BCUT2D eigenvalue weighted by Crippen LogP contribution is -2.22. The average Bonchev–Trinajstić information content (AvgIpc) is 2.37. The number of benzene rings is 1. The average molecular weight is 398 g/mol. The van der Waals surface area contributed by atoms with Gasteiger partial charge in [-0.25, -0.2) is 0 Å². The van der Waals surface area contributed by atoms with Crippen molar-refractivity contribution in [3.05, 3.63) is 29.8 Å². The van der Waals surface area contributed by atoms with Crippen LogP contribution in [0.5, 0.6) is 0 Å². The normalized spacial score (nSPS) is 15.2. The first-order valence-electron chi connectivity index (χ1n) is 6.15. The van der Waals surface area contributed by atoms with Crippen LogP contribution in [0.4, 0.5) is 0 Å². The van der Waals surface area contributed by atoms with Gasteiger partial charge in [0.25, 0.3) is 10.1 Å². The fraction of sp³-hybridized carbons (Fsp3) is 0.538. The van der Waals surface area contributed by atoms with Gasteiger partial charge in [-0.05, 0) is 31.9 Å². The number of halogens is 1. The molecule has 0 spiro atoms.